The van der Waals surface area contributed by atoms with Crippen LogP contribution in [0.25, 0.3) is 0 Å². The standard InChI is InChI=1S/C27H48O2Se/c1-5-14-30-15-6-7-18(2)21-8-9-22-20-17-25(29)24-16-19(28)10-12-27(24,4)23(20)11-13-26(21,22)3/h18-25,28-29H,5-17H2,1-4H3/t18?,19-,20?,21?,22?,23?,24+,25+,26-,27-/m1/s1. The number of aliphatic hydroxyl groups excluding tert-OH is 2. The maximum absolute atomic E-state index is 11.2. The Morgan fingerprint density at radius 3 is 2.40 bits per heavy atom. The molecule has 30 heavy (non-hydrogen) atoms. The molecule has 2 N–H and O–H groups in total. The molecular formula is C27H48O2Se. The Morgan fingerprint density at radius 1 is 0.900 bits per heavy atom. The van der Waals surface area contributed by atoms with Gasteiger partial charge >= 0.3 is 181 Å². The Balaban J connectivity index is 1.44. The fourth-order valence-corrected chi connectivity index (χ4v) is 11.0. The van der Waals surface area contributed by atoms with Gasteiger partial charge in [0.15, 0.2) is 0 Å². The Morgan fingerprint density at radius 2 is 1.63 bits per heavy atom. The number of hydrogen-bond donors (Lipinski definition) is 2. The topological polar surface area (TPSA) is 40.5 Å². The molecule has 0 amide bonds. The van der Waals surface area contributed by atoms with Gasteiger partial charge < -0.3 is 5.11 Å². The molecule has 4 saturated carbocycles. The number of hydrogen-bond acceptors (Lipinski definition) is 2. The SMILES string of the molecule is CCC[Se]CCCC(C)C1CCC2C3C[C@H](O)[C@@H]4C[C@H](O)CC[C@]4(C)C3CC[C@]12C. The Hall–Kier alpha value is 0.439. The van der Waals surface area contributed by atoms with Gasteiger partial charge in [-0.15, -0.1) is 0 Å². The monoisotopic (exact) mass is 484 g/mol. The number of aliphatic hydroxyl groups is 2. The average Bonchev–Trinajstić information content (AvgIpc) is 3.07. The third-order valence-corrected chi connectivity index (χ3v) is 13.4. The minimum absolute atomic E-state index is 0.182. The van der Waals surface area contributed by atoms with E-state index in [0.29, 0.717) is 11.3 Å². The van der Waals surface area contributed by atoms with E-state index in [-0.39, 0.29) is 17.6 Å². The molecule has 4 rings (SSSR count). The van der Waals surface area contributed by atoms with Crippen molar-refractivity contribution in [1.82, 2.24) is 0 Å². The second kappa shape index (κ2) is 9.36. The maximum atomic E-state index is 11.2. The normalized spacial score (nSPS) is 49.2. The van der Waals surface area contributed by atoms with Crippen molar-refractivity contribution in [2.45, 2.75) is 121 Å². The van der Waals surface area contributed by atoms with Gasteiger partial charge in [-0.1, -0.05) is 0 Å². The quantitative estimate of drug-likeness (QED) is 0.327. The molecular weight excluding hydrogens is 435 g/mol. The summed E-state index contributed by atoms with van der Waals surface area (Å²) < 4.78 is 0. The van der Waals surface area contributed by atoms with Crippen molar-refractivity contribution in [3.05, 3.63) is 0 Å². The molecule has 0 aromatic carbocycles. The molecule has 0 bridgehead atoms. The van der Waals surface area contributed by atoms with E-state index in [1.807, 2.05) is 0 Å². The van der Waals surface area contributed by atoms with Crippen LogP contribution in [0.15, 0.2) is 0 Å². The van der Waals surface area contributed by atoms with Crippen molar-refractivity contribution < 1.29 is 10.2 Å². The van der Waals surface area contributed by atoms with Crippen molar-refractivity contribution in [3.63, 3.8) is 0 Å². The van der Waals surface area contributed by atoms with E-state index in [4.69, 9.17) is 0 Å². The van der Waals surface area contributed by atoms with Gasteiger partial charge in [0.1, 0.15) is 0 Å². The minimum atomic E-state index is -0.189. The van der Waals surface area contributed by atoms with E-state index >= 15 is 0 Å². The summed E-state index contributed by atoms with van der Waals surface area (Å²) >= 11 is 0.881. The third-order valence-electron chi connectivity index (χ3n) is 10.7. The summed E-state index contributed by atoms with van der Waals surface area (Å²) in [6.45, 7) is 10.0. The zero-order chi connectivity index (χ0) is 21.5. The van der Waals surface area contributed by atoms with E-state index in [2.05, 4.69) is 27.7 Å². The van der Waals surface area contributed by atoms with Gasteiger partial charge in [0.05, 0.1) is 6.10 Å². The van der Waals surface area contributed by atoms with Crippen LogP contribution < -0.4 is 0 Å². The fourth-order valence-electron chi connectivity index (χ4n) is 9.21. The van der Waals surface area contributed by atoms with E-state index in [9.17, 15) is 10.2 Å². The fraction of sp³-hybridized carbons (Fsp3) is 1.00. The molecule has 0 radical (unpaired) electrons. The molecule has 10 atom stereocenters. The molecule has 4 fully saturated rings. The predicted molar refractivity (Wildman–Crippen MR) is 127 cm³/mol. The molecule has 2 nitrogen and oxygen atoms in total. The predicted octanol–water partition coefficient (Wildman–Crippen LogP) is 6.34. The summed E-state index contributed by atoms with van der Waals surface area (Å²) in [6, 6.07) is 0. The van der Waals surface area contributed by atoms with E-state index < -0.39 is 0 Å². The Bertz CT molecular complexity index is 581. The van der Waals surface area contributed by atoms with Gasteiger partial charge in [0, 0.05) is 0 Å². The van der Waals surface area contributed by atoms with Crippen LogP contribution in [0.4, 0.5) is 0 Å². The van der Waals surface area contributed by atoms with Gasteiger partial charge in [-0.05, 0) is 0 Å². The van der Waals surface area contributed by atoms with Crippen LogP contribution in [0.2, 0.25) is 10.6 Å². The van der Waals surface area contributed by atoms with Gasteiger partial charge in [-0.25, -0.2) is 0 Å². The summed E-state index contributed by atoms with van der Waals surface area (Å²) in [5, 5.41) is 24.4. The summed E-state index contributed by atoms with van der Waals surface area (Å²) in [4.78, 5) is 0. The first-order valence-electron chi connectivity index (χ1n) is 13.2. The zero-order valence-electron chi connectivity index (χ0n) is 20.1. The third kappa shape index (κ3) is 4.08. The molecule has 4 aliphatic carbocycles. The molecule has 5 unspecified atom stereocenters. The van der Waals surface area contributed by atoms with Crippen LogP contribution in [0.3, 0.4) is 0 Å². The number of rotatable bonds is 7. The van der Waals surface area contributed by atoms with Gasteiger partial charge in [0.25, 0.3) is 0 Å². The van der Waals surface area contributed by atoms with Gasteiger partial charge in [0.2, 0.25) is 0 Å². The molecule has 0 spiro atoms. The molecule has 174 valence electrons. The van der Waals surface area contributed by atoms with Crippen LogP contribution in [0.5, 0.6) is 0 Å². The summed E-state index contributed by atoms with van der Waals surface area (Å²) in [7, 11) is 0. The first kappa shape index (κ1) is 23.6. The molecule has 4 aliphatic rings. The van der Waals surface area contributed by atoms with E-state index in [1.54, 1.807) is 0 Å². The van der Waals surface area contributed by atoms with Crippen molar-refractivity contribution in [3.8, 4) is 0 Å². The molecule has 3 heteroatoms. The first-order chi connectivity index (χ1) is 14.3. The van der Waals surface area contributed by atoms with E-state index in [0.717, 1.165) is 70.2 Å². The Kier molecular flexibility index (Phi) is 7.36. The molecule has 0 aromatic heterocycles. The summed E-state index contributed by atoms with van der Waals surface area (Å²) in [6.07, 6.45) is 13.4. The van der Waals surface area contributed by atoms with Crippen LogP contribution in [-0.2, 0) is 0 Å². The summed E-state index contributed by atoms with van der Waals surface area (Å²) in [5.41, 5.74) is 0.764. The molecule has 0 aliphatic heterocycles. The first-order valence-corrected chi connectivity index (χ1v) is 15.7. The zero-order valence-corrected chi connectivity index (χ0v) is 21.8. The van der Waals surface area contributed by atoms with Crippen LogP contribution in [0, 0.1) is 46.3 Å². The van der Waals surface area contributed by atoms with Gasteiger partial charge in [-0.2, -0.15) is 0 Å². The second-order valence-electron chi connectivity index (χ2n) is 12.2. The molecule has 0 saturated heterocycles. The second-order valence-corrected chi connectivity index (χ2v) is 14.8. The van der Waals surface area contributed by atoms with Crippen molar-refractivity contribution in [2.24, 2.45) is 46.3 Å². The molecule has 0 heterocycles. The van der Waals surface area contributed by atoms with Crippen LogP contribution >= 0.6 is 0 Å². The summed E-state index contributed by atoms with van der Waals surface area (Å²) in [5.74, 6) is 4.43. The Labute approximate surface area is 192 Å². The molecule has 0 aromatic rings. The van der Waals surface area contributed by atoms with Crippen LogP contribution in [-0.4, -0.2) is 37.4 Å². The van der Waals surface area contributed by atoms with Crippen LogP contribution in [0.1, 0.15) is 98.3 Å². The van der Waals surface area contributed by atoms with Gasteiger partial charge in [-0.3, -0.25) is 0 Å². The van der Waals surface area contributed by atoms with E-state index in [1.165, 1.54) is 55.6 Å². The van der Waals surface area contributed by atoms with Crippen molar-refractivity contribution >= 4 is 15.0 Å². The average molecular weight is 484 g/mol. The van der Waals surface area contributed by atoms with Crippen molar-refractivity contribution in [1.29, 1.82) is 0 Å². The van der Waals surface area contributed by atoms with Crippen molar-refractivity contribution in [2.75, 3.05) is 0 Å². The number of fused-ring (bicyclic) bond motifs is 5.